The number of benzene rings is 1. The Balaban J connectivity index is 1.62. The highest BCUT2D eigenvalue weighted by Gasteiger charge is 2.35. The third-order valence-electron chi connectivity index (χ3n) is 5.39. The number of rotatable bonds is 7. The van der Waals surface area contributed by atoms with E-state index in [-0.39, 0.29) is 31.5 Å². The van der Waals surface area contributed by atoms with Gasteiger partial charge in [0.05, 0.1) is 24.7 Å². The van der Waals surface area contributed by atoms with Gasteiger partial charge in [0.25, 0.3) is 0 Å². The van der Waals surface area contributed by atoms with E-state index in [1.807, 2.05) is 24.3 Å². The summed E-state index contributed by atoms with van der Waals surface area (Å²) in [5.41, 5.74) is 6.39. The highest BCUT2D eigenvalue weighted by Crippen LogP contribution is 2.29. The molecule has 2 fully saturated rings. The quantitative estimate of drug-likeness (QED) is 0.626. The van der Waals surface area contributed by atoms with Crippen molar-refractivity contribution in [3.63, 3.8) is 0 Å². The molecule has 2 aliphatic rings. The molecule has 0 aliphatic carbocycles. The third-order valence-corrected chi connectivity index (χ3v) is 5.74. The molecule has 3 unspecified atom stereocenters. The Morgan fingerprint density at radius 2 is 2.00 bits per heavy atom. The van der Waals surface area contributed by atoms with E-state index in [4.69, 9.17) is 17.3 Å². The lowest BCUT2D eigenvalue weighted by atomic mass is 10.1. The zero-order valence-electron chi connectivity index (χ0n) is 15.3. The fourth-order valence-electron chi connectivity index (χ4n) is 4.04. The van der Waals surface area contributed by atoms with Crippen molar-refractivity contribution in [3.05, 3.63) is 34.9 Å². The maximum atomic E-state index is 12.5. The predicted molar refractivity (Wildman–Crippen MR) is 103 cm³/mol. The molecule has 0 bridgehead atoms. The van der Waals surface area contributed by atoms with Crippen molar-refractivity contribution in [1.29, 1.82) is 0 Å². The first-order valence-electron chi connectivity index (χ1n) is 9.42. The summed E-state index contributed by atoms with van der Waals surface area (Å²) in [7, 11) is 0. The van der Waals surface area contributed by atoms with Crippen LogP contribution in [0.4, 0.5) is 0 Å². The zero-order valence-corrected chi connectivity index (χ0v) is 16.1. The SMILES string of the molecule is NC(=O)C1CC(O)CN1CC(=O)NCC(c1ccccc1Cl)N1CCCC1. The van der Waals surface area contributed by atoms with Gasteiger partial charge in [-0.1, -0.05) is 29.8 Å². The summed E-state index contributed by atoms with van der Waals surface area (Å²) in [6.07, 6.45) is 1.93. The monoisotopic (exact) mass is 394 g/mol. The molecule has 0 spiro atoms. The van der Waals surface area contributed by atoms with E-state index in [1.54, 1.807) is 4.90 Å². The average Bonchev–Trinajstić information content (AvgIpc) is 3.26. The van der Waals surface area contributed by atoms with Gasteiger partial charge in [-0.05, 0) is 44.0 Å². The fraction of sp³-hybridized carbons (Fsp3) is 0.579. The topological polar surface area (TPSA) is 98.9 Å². The Kier molecular flexibility index (Phi) is 6.70. The molecule has 0 aromatic heterocycles. The van der Waals surface area contributed by atoms with Crippen LogP contribution in [-0.2, 0) is 9.59 Å². The summed E-state index contributed by atoms with van der Waals surface area (Å²) < 4.78 is 0. The standard InChI is InChI=1S/C19H27ClN4O3/c20-15-6-2-1-5-14(15)17(23-7-3-4-8-23)10-22-18(26)12-24-11-13(25)9-16(24)19(21)27/h1-2,5-6,13,16-17,25H,3-4,7-12H2,(H2,21,27)(H,22,26). The Labute approximate surface area is 164 Å². The Morgan fingerprint density at radius 1 is 1.30 bits per heavy atom. The number of nitrogens with two attached hydrogens (primary N) is 1. The molecule has 2 heterocycles. The lowest BCUT2D eigenvalue weighted by Gasteiger charge is -2.29. The molecular weight excluding hydrogens is 368 g/mol. The molecule has 27 heavy (non-hydrogen) atoms. The number of primary amides is 1. The number of likely N-dealkylation sites (tertiary alicyclic amines) is 2. The van der Waals surface area contributed by atoms with E-state index >= 15 is 0 Å². The van der Waals surface area contributed by atoms with Gasteiger partial charge in [-0.15, -0.1) is 0 Å². The highest BCUT2D eigenvalue weighted by molar-refractivity contribution is 6.31. The number of halogens is 1. The largest absolute Gasteiger partial charge is 0.392 e. The molecule has 3 rings (SSSR count). The minimum atomic E-state index is -0.629. The Bertz CT molecular complexity index is 681. The number of carbonyl (C=O) groups is 2. The second kappa shape index (κ2) is 9.01. The van der Waals surface area contributed by atoms with Crippen molar-refractivity contribution in [2.75, 3.05) is 32.7 Å². The van der Waals surface area contributed by atoms with Gasteiger partial charge in [0.2, 0.25) is 11.8 Å². The molecule has 8 heteroatoms. The van der Waals surface area contributed by atoms with Gasteiger partial charge in [0.1, 0.15) is 0 Å². The van der Waals surface area contributed by atoms with Gasteiger partial charge in [0, 0.05) is 18.1 Å². The van der Waals surface area contributed by atoms with Crippen molar-refractivity contribution in [1.82, 2.24) is 15.1 Å². The van der Waals surface area contributed by atoms with E-state index < -0.39 is 18.1 Å². The second-order valence-corrected chi connectivity index (χ2v) is 7.73. The summed E-state index contributed by atoms with van der Waals surface area (Å²) in [6.45, 7) is 2.73. The summed E-state index contributed by atoms with van der Waals surface area (Å²) in [4.78, 5) is 28.0. The maximum Gasteiger partial charge on any atom is 0.234 e. The van der Waals surface area contributed by atoms with Crippen LogP contribution in [0.2, 0.25) is 5.02 Å². The normalized spacial score (nSPS) is 24.8. The number of aliphatic hydroxyl groups excluding tert-OH is 1. The number of β-amino-alcohol motifs (C(OH)–C–C–N with tert-alkyl or cyclic N) is 1. The van der Waals surface area contributed by atoms with Gasteiger partial charge >= 0.3 is 0 Å². The molecule has 0 saturated carbocycles. The van der Waals surface area contributed by atoms with E-state index in [0.29, 0.717) is 11.6 Å². The van der Waals surface area contributed by atoms with Crippen molar-refractivity contribution in [2.45, 2.75) is 37.5 Å². The molecule has 2 amide bonds. The average molecular weight is 395 g/mol. The number of aliphatic hydroxyl groups is 1. The van der Waals surface area contributed by atoms with Crippen molar-refractivity contribution in [3.8, 4) is 0 Å². The Morgan fingerprint density at radius 3 is 2.67 bits per heavy atom. The number of carbonyl (C=O) groups excluding carboxylic acids is 2. The van der Waals surface area contributed by atoms with Gasteiger partial charge < -0.3 is 16.2 Å². The summed E-state index contributed by atoms with van der Waals surface area (Å²) in [5.74, 6) is -0.697. The second-order valence-electron chi connectivity index (χ2n) is 7.32. The van der Waals surface area contributed by atoms with E-state index in [1.165, 1.54) is 0 Å². The predicted octanol–water partition coefficient (Wildman–Crippen LogP) is 0.514. The summed E-state index contributed by atoms with van der Waals surface area (Å²) in [5, 5.41) is 13.4. The van der Waals surface area contributed by atoms with Crippen LogP contribution in [0.5, 0.6) is 0 Å². The highest BCUT2D eigenvalue weighted by atomic mass is 35.5. The first-order chi connectivity index (χ1) is 13.0. The fourth-order valence-corrected chi connectivity index (χ4v) is 4.30. The van der Waals surface area contributed by atoms with Crippen molar-refractivity contribution >= 4 is 23.4 Å². The van der Waals surface area contributed by atoms with Crippen LogP contribution in [0, 0.1) is 0 Å². The lowest BCUT2D eigenvalue weighted by molar-refractivity contribution is -0.125. The molecule has 1 aromatic carbocycles. The smallest absolute Gasteiger partial charge is 0.234 e. The van der Waals surface area contributed by atoms with Crippen LogP contribution in [-0.4, -0.2) is 71.6 Å². The number of hydrogen-bond donors (Lipinski definition) is 3. The van der Waals surface area contributed by atoms with Crippen molar-refractivity contribution in [2.24, 2.45) is 5.73 Å². The minimum absolute atomic E-state index is 0.0151. The van der Waals surface area contributed by atoms with Gasteiger partial charge in [0.15, 0.2) is 0 Å². The van der Waals surface area contributed by atoms with Crippen LogP contribution in [0.1, 0.15) is 30.9 Å². The number of amides is 2. The van der Waals surface area contributed by atoms with Crippen molar-refractivity contribution < 1.29 is 14.7 Å². The summed E-state index contributed by atoms with van der Waals surface area (Å²) in [6, 6.07) is 7.14. The molecule has 7 nitrogen and oxygen atoms in total. The van der Waals surface area contributed by atoms with Gasteiger partial charge in [-0.2, -0.15) is 0 Å². The molecule has 3 atom stereocenters. The molecule has 4 N–H and O–H groups in total. The first-order valence-corrected chi connectivity index (χ1v) is 9.80. The zero-order chi connectivity index (χ0) is 19.4. The van der Waals surface area contributed by atoms with Crippen LogP contribution in [0.25, 0.3) is 0 Å². The summed E-state index contributed by atoms with van der Waals surface area (Å²) >= 11 is 6.39. The van der Waals surface area contributed by atoms with Crippen LogP contribution in [0.3, 0.4) is 0 Å². The lowest BCUT2D eigenvalue weighted by Crippen LogP contribution is -2.46. The first kappa shape index (κ1) is 20.1. The molecule has 0 radical (unpaired) electrons. The van der Waals surface area contributed by atoms with Crippen LogP contribution >= 0.6 is 11.6 Å². The van der Waals surface area contributed by atoms with Gasteiger partial charge in [-0.3, -0.25) is 19.4 Å². The minimum Gasteiger partial charge on any atom is -0.392 e. The number of nitrogens with zero attached hydrogens (tertiary/aromatic N) is 2. The van der Waals surface area contributed by atoms with E-state index in [9.17, 15) is 14.7 Å². The van der Waals surface area contributed by atoms with E-state index in [0.717, 1.165) is 31.5 Å². The van der Waals surface area contributed by atoms with Crippen LogP contribution in [0.15, 0.2) is 24.3 Å². The molecule has 148 valence electrons. The number of nitrogens with one attached hydrogen (secondary N) is 1. The number of hydrogen-bond acceptors (Lipinski definition) is 5. The van der Waals surface area contributed by atoms with Gasteiger partial charge in [-0.25, -0.2) is 0 Å². The molecular formula is C19H27ClN4O3. The van der Waals surface area contributed by atoms with E-state index in [2.05, 4.69) is 10.2 Å². The molecule has 2 aliphatic heterocycles. The maximum absolute atomic E-state index is 12.5. The van der Waals surface area contributed by atoms with Crippen LogP contribution < -0.4 is 11.1 Å². The molecule has 1 aromatic rings. The Hall–Kier alpha value is -1.67. The molecule has 2 saturated heterocycles. The third kappa shape index (κ3) is 4.99.